The Bertz CT molecular complexity index is 599. The molecule has 120 valence electrons. The van der Waals surface area contributed by atoms with Crippen LogP contribution < -0.4 is 14.8 Å². The molecule has 0 aliphatic heterocycles. The predicted molar refractivity (Wildman–Crippen MR) is 87.9 cm³/mol. The summed E-state index contributed by atoms with van der Waals surface area (Å²) in [5.74, 6) is 1.27. The molecule has 1 aromatic rings. The van der Waals surface area contributed by atoms with E-state index in [1.165, 1.54) is 6.26 Å². The number of hydrogen-bond acceptors (Lipinski definition) is 5. The van der Waals surface area contributed by atoms with Gasteiger partial charge in [0.05, 0.1) is 23.4 Å². The summed E-state index contributed by atoms with van der Waals surface area (Å²) in [7, 11) is 0.0513. The van der Waals surface area contributed by atoms with E-state index in [0.717, 1.165) is 10.0 Å². The molecule has 0 spiro atoms. The van der Waals surface area contributed by atoms with Gasteiger partial charge in [-0.05, 0) is 47.5 Å². The summed E-state index contributed by atoms with van der Waals surface area (Å²) >= 11 is 3.43. The molecule has 1 N–H and O–H groups in total. The predicted octanol–water partition coefficient (Wildman–Crippen LogP) is 2.38. The lowest BCUT2D eigenvalue weighted by molar-refractivity contribution is 0.352. The smallest absolute Gasteiger partial charge is 0.174 e. The number of benzene rings is 1. The van der Waals surface area contributed by atoms with Gasteiger partial charge in [0.2, 0.25) is 0 Å². The highest BCUT2D eigenvalue weighted by molar-refractivity contribution is 9.10. The van der Waals surface area contributed by atoms with Gasteiger partial charge in [-0.3, -0.25) is 0 Å². The monoisotopic (exact) mass is 379 g/mol. The number of methoxy groups -OCH3 is 2. The van der Waals surface area contributed by atoms with Crippen LogP contribution in [0, 0.1) is 0 Å². The van der Waals surface area contributed by atoms with Crippen molar-refractivity contribution >= 4 is 25.8 Å². The first-order valence-corrected chi connectivity index (χ1v) is 9.11. The third-order valence-electron chi connectivity index (χ3n) is 3.38. The van der Waals surface area contributed by atoms with Gasteiger partial charge in [0.1, 0.15) is 0 Å². The molecule has 1 aromatic carbocycles. The lowest BCUT2D eigenvalue weighted by atomic mass is 10.1. The van der Waals surface area contributed by atoms with E-state index >= 15 is 0 Å². The molecular formula is C14H22BrNO4S. The van der Waals surface area contributed by atoms with Crippen LogP contribution in [-0.4, -0.2) is 40.2 Å². The molecule has 7 heteroatoms. The first-order chi connectivity index (χ1) is 9.62. The van der Waals surface area contributed by atoms with Crippen LogP contribution in [0.2, 0.25) is 0 Å². The standard InChI is InChI=1S/C14H22BrNO4S/c1-14(2,21(5,17)18)9-16-8-10-6-11(15)13(20-4)12(7-10)19-3/h6-7,16H,8-9H2,1-5H3. The highest BCUT2D eigenvalue weighted by Crippen LogP contribution is 2.36. The molecule has 0 unspecified atom stereocenters. The van der Waals surface area contributed by atoms with E-state index in [2.05, 4.69) is 21.2 Å². The quantitative estimate of drug-likeness (QED) is 0.787. The van der Waals surface area contributed by atoms with E-state index in [9.17, 15) is 8.42 Å². The minimum atomic E-state index is -3.10. The first-order valence-electron chi connectivity index (χ1n) is 6.43. The van der Waals surface area contributed by atoms with E-state index in [1.807, 2.05) is 12.1 Å². The van der Waals surface area contributed by atoms with Crippen LogP contribution in [0.1, 0.15) is 19.4 Å². The summed E-state index contributed by atoms with van der Waals surface area (Å²) in [5.41, 5.74) is 0.976. The van der Waals surface area contributed by atoms with Gasteiger partial charge in [0.15, 0.2) is 21.3 Å². The van der Waals surface area contributed by atoms with E-state index < -0.39 is 14.6 Å². The average molecular weight is 380 g/mol. The maximum atomic E-state index is 11.6. The third kappa shape index (κ3) is 4.59. The Hall–Kier alpha value is -0.790. The van der Waals surface area contributed by atoms with Crippen LogP contribution in [0.25, 0.3) is 0 Å². The number of rotatable bonds is 7. The van der Waals surface area contributed by atoms with Crippen molar-refractivity contribution < 1.29 is 17.9 Å². The van der Waals surface area contributed by atoms with Crippen LogP contribution in [0.3, 0.4) is 0 Å². The van der Waals surface area contributed by atoms with Crippen LogP contribution >= 0.6 is 15.9 Å². The Balaban J connectivity index is 2.80. The fourth-order valence-electron chi connectivity index (χ4n) is 1.71. The number of sulfone groups is 1. The zero-order valence-corrected chi connectivity index (χ0v) is 15.4. The molecule has 0 atom stereocenters. The van der Waals surface area contributed by atoms with Crippen molar-refractivity contribution in [2.75, 3.05) is 27.0 Å². The second kappa shape index (κ2) is 6.98. The summed E-state index contributed by atoms with van der Waals surface area (Å²) in [6.45, 7) is 4.33. The van der Waals surface area contributed by atoms with Gasteiger partial charge >= 0.3 is 0 Å². The maximum absolute atomic E-state index is 11.6. The molecule has 0 bridgehead atoms. The summed E-state index contributed by atoms with van der Waals surface area (Å²) in [6.07, 6.45) is 1.25. The summed E-state index contributed by atoms with van der Waals surface area (Å²) in [6, 6.07) is 3.78. The normalized spacial score (nSPS) is 12.3. The Kier molecular flexibility index (Phi) is 6.07. The molecule has 0 saturated carbocycles. The van der Waals surface area contributed by atoms with Gasteiger partial charge in [-0.2, -0.15) is 0 Å². The third-order valence-corrected chi connectivity index (χ3v) is 6.12. The van der Waals surface area contributed by atoms with Gasteiger partial charge < -0.3 is 14.8 Å². The van der Waals surface area contributed by atoms with Gasteiger partial charge in [-0.15, -0.1) is 0 Å². The minimum absolute atomic E-state index is 0.373. The van der Waals surface area contributed by atoms with Crippen LogP contribution in [-0.2, 0) is 16.4 Å². The summed E-state index contributed by atoms with van der Waals surface area (Å²) < 4.78 is 33.8. The van der Waals surface area contributed by atoms with E-state index in [0.29, 0.717) is 24.6 Å². The van der Waals surface area contributed by atoms with Crippen LogP contribution in [0.4, 0.5) is 0 Å². The van der Waals surface area contributed by atoms with Gasteiger partial charge in [-0.25, -0.2) is 8.42 Å². The SMILES string of the molecule is COc1cc(CNCC(C)(C)S(C)(=O)=O)cc(Br)c1OC. The van der Waals surface area contributed by atoms with Crippen molar-refractivity contribution in [2.45, 2.75) is 25.1 Å². The fourth-order valence-corrected chi connectivity index (χ4v) is 2.73. The van der Waals surface area contributed by atoms with Crippen molar-refractivity contribution in [1.82, 2.24) is 5.32 Å². The van der Waals surface area contributed by atoms with Crippen LogP contribution in [0.15, 0.2) is 16.6 Å². The molecule has 21 heavy (non-hydrogen) atoms. The Morgan fingerprint density at radius 1 is 1.24 bits per heavy atom. The van der Waals surface area contributed by atoms with Crippen molar-refractivity contribution in [3.8, 4) is 11.5 Å². The second-order valence-electron chi connectivity index (χ2n) is 5.45. The van der Waals surface area contributed by atoms with Crippen molar-refractivity contribution in [2.24, 2.45) is 0 Å². The zero-order chi connectivity index (χ0) is 16.3. The van der Waals surface area contributed by atoms with E-state index in [1.54, 1.807) is 28.1 Å². The lowest BCUT2D eigenvalue weighted by Gasteiger charge is -2.23. The summed E-state index contributed by atoms with van der Waals surface area (Å²) in [5, 5.41) is 3.17. The van der Waals surface area contributed by atoms with E-state index in [4.69, 9.17) is 9.47 Å². The Morgan fingerprint density at radius 3 is 2.33 bits per heavy atom. The Morgan fingerprint density at radius 2 is 1.86 bits per heavy atom. The molecule has 0 aromatic heterocycles. The zero-order valence-electron chi connectivity index (χ0n) is 13.0. The van der Waals surface area contributed by atoms with Crippen molar-refractivity contribution in [3.05, 3.63) is 22.2 Å². The molecule has 1 rings (SSSR count). The van der Waals surface area contributed by atoms with Gasteiger partial charge in [0.25, 0.3) is 0 Å². The van der Waals surface area contributed by atoms with Gasteiger partial charge in [0, 0.05) is 19.3 Å². The second-order valence-corrected chi connectivity index (χ2v) is 8.95. The fraction of sp³-hybridized carbons (Fsp3) is 0.571. The molecule has 5 nitrogen and oxygen atoms in total. The van der Waals surface area contributed by atoms with E-state index in [-0.39, 0.29) is 0 Å². The molecule has 0 aliphatic carbocycles. The minimum Gasteiger partial charge on any atom is -0.493 e. The number of ether oxygens (including phenoxy) is 2. The molecule has 0 amide bonds. The van der Waals surface area contributed by atoms with Gasteiger partial charge in [-0.1, -0.05) is 0 Å². The molecular weight excluding hydrogens is 358 g/mol. The molecule has 0 heterocycles. The molecule has 0 radical (unpaired) electrons. The van der Waals surface area contributed by atoms with Crippen molar-refractivity contribution in [1.29, 1.82) is 0 Å². The molecule has 0 saturated heterocycles. The topological polar surface area (TPSA) is 64.6 Å². The maximum Gasteiger partial charge on any atom is 0.174 e. The summed E-state index contributed by atoms with van der Waals surface area (Å²) in [4.78, 5) is 0. The largest absolute Gasteiger partial charge is 0.493 e. The average Bonchev–Trinajstić information content (AvgIpc) is 2.36. The number of nitrogens with one attached hydrogen (secondary N) is 1. The molecule has 0 fully saturated rings. The highest BCUT2D eigenvalue weighted by Gasteiger charge is 2.29. The first kappa shape index (κ1) is 18.3. The molecule has 0 aliphatic rings. The Labute approximate surface area is 135 Å². The number of halogens is 1. The highest BCUT2D eigenvalue weighted by atomic mass is 79.9. The van der Waals surface area contributed by atoms with Crippen molar-refractivity contribution in [3.63, 3.8) is 0 Å². The lowest BCUT2D eigenvalue weighted by Crippen LogP contribution is -2.41. The van der Waals surface area contributed by atoms with Crippen LogP contribution in [0.5, 0.6) is 11.5 Å². The number of hydrogen-bond donors (Lipinski definition) is 1.